The first-order valence-electron chi connectivity index (χ1n) is 6.93. The maximum Gasteiger partial charge on any atom is 0.107 e. The molecule has 0 spiro atoms. The van der Waals surface area contributed by atoms with Crippen LogP contribution >= 0.6 is 11.6 Å². The van der Waals surface area contributed by atoms with E-state index in [-0.39, 0.29) is 5.60 Å². The number of hydrogen-bond acceptors (Lipinski definition) is 2. The van der Waals surface area contributed by atoms with Crippen LogP contribution in [0.1, 0.15) is 17.5 Å². The molecule has 0 aliphatic carbocycles. The van der Waals surface area contributed by atoms with E-state index < -0.39 is 0 Å². The lowest BCUT2D eigenvalue weighted by Crippen LogP contribution is -2.32. The van der Waals surface area contributed by atoms with E-state index in [2.05, 4.69) is 29.6 Å². The third kappa shape index (κ3) is 2.88. The number of nitrogens with one attached hydrogen (secondary N) is 1. The van der Waals surface area contributed by atoms with Crippen molar-refractivity contribution in [3.05, 3.63) is 70.7 Å². The summed E-state index contributed by atoms with van der Waals surface area (Å²) < 4.78 is 6.30. The standard InChI is InChI=1S/C17H18ClNO/c18-16-8-6-15(7-9-16)17(10-11-19-13-17)20-12-14-4-2-1-3-5-14/h1-9,19H,10-13H2. The number of rotatable bonds is 4. The Morgan fingerprint density at radius 2 is 1.80 bits per heavy atom. The smallest absolute Gasteiger partial charge is 0.107 e. The lowest BCUT2D eigenvalue weighted by atomic mass is 9.92. The highest BCUT2D eigenvalue weighted by Crippen LogP contribution is 2.33. The first-order chi connectivity index (χ1) is 9.78. The molecule has 1 aliphatic heterocycles. The summed E-state index contributed by atoms with van der Waals surface area (Å²) in [6, 6.07) is 18.3. The molecule has 3 rings (SSSR count). The van der Waals surface area contributed by atoms with Crippen LogP contribution in [0.3, 0.4) is 0 Å². The van der Waals surface area contributed by atoms with Crippen LogP contribution in [0, 0.1) is 0 Å². The topological polar surface area (TPSA) is 21.3 Å². The number of ether oxygens (including phenoxy) is 1. The fourth-order valence-electron chi connectivity index (χ4n) is 2.67. The minimum Gasteiger partial charge on any atom is -0.364 e. The molecule has 1 fully saturated rings. The quantitative estimate of drug-likeness (QED) is 0.925. The van der Waals surface area contributed by atoms with Gasteiger partial charge in [0.25, 0.3) is 0 Å². The van der Waals surface area contributed by atoms with Gasteiger partial charge in [-0.2, -0.15) is 0 Å². The lowest BCUT2D eigenvalue weighted by molar-refractivity contribution is -0.0470. The van der Waals surface area contributed by atoms with Gasteiger partial charge in [-0.3, -0.25) is 0 Å². The minimum absolute atomic E-state index is 0.236. The van der Waals surface area contributed by atoms with Crippen LogP contribution in [-0.4, -0.2) is 13.1 Å². The normalized spacial score (nSPS) is 22.1. The van der Waals surface area contributed by atoms with Crippen molar-refractivity contribution in [1.29, 1.82) is 0 Å². The van der Waals surface area contributed by atoms with Crippen LogP contribution < -0.4 is 5.32 Å². The molecule has 0 aromatic heterocycles. The van der Waals surface area contributed by atoms with Gasteiger partial charge in [0.1, 0.15) is 5.60 Å². The number of halogens is 1. The predicted molar refractivity (Wildman–Crippen MR) is 81.8 cm³/mol. The summed E-state index contributed by atoms with van der Waals surface area (Å²) in [7, 11) is 0. The molecule has 0 radical (unpaired) electrons. The van der Waals surface area contributed by atoms with E-state index in [1.54, 1.807) is 0 Å². The zero-order chi connectivity index (χ0) is 13.8. The summed E-state index contributed by atoms with van der Waals surface area (Å²) in [5.74, 6) is 0. The SMILES string of the molecule is Clc1ccc(C2(OCc3ccccc3)CCNC2)cc1. The molecule has 1 heterocycles. The van der Waals surface area contributed by atoms with E-state index in [1.165, 1.54) is 11.1 Å². The van der Waals surface area contributed by atoms with Gasteiger partial charge in [-0.25, -0.2) is 0 Å². The van der Waals surface area contributed by atoms with Gasteiger partial charge in [0.05, 0.1) is 6.61 Å². The molecule has 1 unspecified atom stereocenters. The van der Waals surface area contributed by atoms with Crippen molar-refractivity contribution in [3.8, 4) is 0 Å². The fourth-order valence-corrected chi connectivity index (χ4v) is 2.80. The predicted octanol–water partition coefficient (Wildman–Crippen LogP) is 3.75. The highest BCUT2D eigenvalue weighted by atomic mass is 35.5. The van der Waals surface area contributed by atoms with Gasteiger partial charge in [-0.1, -0.05) is 54.1 Å². The van der Waals surface area contributed by atoms with Crippen molar-refractivity contribution < 1.29 is 4.74 Å². The molecule has 0 bridgehead atoms. The van der Waals surface area contributed by atoms with Crippen molar-refractivity contribution in [2.24, 2.45) is 0 Å². The highest BCUT2D eigenvalue weighted by Gasteiger charge is 2.36. The molecular formula is C17H18ClNO. The van der Waals surface area contributed by atoms with Crippen molar-refractivity contribution >= 4 is 11.6 Å². The van der Waals surface area contributed by atoms with E-state index in [1.807, 2.05) is 30.3 Å². The molecule has 20 heavy (non-hydrogen) atoms. The van der Waals surface area contributed by atoms with Gasteiger partial charge in [-0.15, -0.1) is 0 Å². The van der Waals surface area contributed by atoms with Crippen molar-refractivity contribution in [2.45, 2.75) is 18.6 Å². The lowest BCUT2D eigenvalue weighted by Gasteiger charge is -2.29. The molecule has 3 heteroatoms. The third-order valence-corrected chi connectivity index (χ3v) is 4.10. The van der Waals surface area contributed by atoms with Crippen molar-refractivity contribution in [3.63, 3.8) is 0 Å². The van der Waals surface area contributed by atoms with Gasteiger partial charge >= 0.3 is 0 Å². The Morgan fingerprint density at radius 1 is 1.05 bits per heavy atom. The maximum atomic E-state index is 6.30. The number of benzene rings is 2. The van der Waals surface area contributed by atoms with Crippen LogP contribution in [0.2, 0.25) is 5.02 Å². The maximum absolute atomic E-state index is 6.30. The zero-order valence-corrected chi connectivity index (χ0v) is 12.1. The van der Waals surface area contributed by atoms with Gasteiger partial charge in [0.2, 0.25) is 0 Å². The van der Waals surface area contributed by atoms with Crippen LogP contribution in [-0.2, 0) is 16.9 Å². The van der Waals surface area contributed by atoms with Crippen LogP contribution in [0.15, 0.2) is 54.6 Å². The summed E-state index contributed by atoms with van der Waals surface area (Å²) in [6.07, 6.45) is 0.988. The second-order valence-electron chi connectivity index (χ2n) is 5.20. The zero-order valence-electron chi connectivity index (χ0n) is 11.3. The Morgan fingerprint density at radius 3 is 2.45 bits per heavy atom. The van der Waals surface area contributed by atoms with E-state index in [0.717, 1.165) is 24.5 Å². The Labute approximate surface area is 124 Å². The molecule has 2 nitrogen and oxygen atoms in total. The van der Waals surface area contributed by atoms with Gasteiger partial charge in [-0.05, 0) is 36.2 Å². The van der Waals surface area contributed by atoms with Crippen LogP contribution in [0.5, 0.6) is 0 Å². The number of hydrogen-bond donors (Lipinski definition) is 1. The van der Waals surface area contributed by atoms with Gasteiger partial charge < -0.3 is 10.1 Å². The Bertz CT molecular complexity index is 547. The monoisotopic (exact) mass is 287 g/mol. The molecule has 1 N–H and O–H groups in total. The average Bonchev–Trinajstić information content (AvgIpc) is 2.97. The van der Waals surface area contributed by atoms with Crippen molar-refractivity contribution in [1.82, 2.24) is 5.32 Å². The van der Waals surface area contributed by atoms with Gasteiger partial charge in [0, 0.05) is 11.6 Å². The average molecular weight is 288 g/mol. The second-order valence-corrected chi connectivity index (χ2v) is 5.64. The third-order valence-electron chi connectivity index (χ3n) is 3.84. The van der Waals surface area contributed by atoms with E-state index >= 15 is 0 Å². The summed E-state index contributed by atoms with van der Waals surface area (Å²) in [6.45, 7) is 2.46. The van der Waals surface area contributed by atoms with E-state index in [0.29, 0.717) is 6.61 Å². The van der Waals surface area contributed by atoms with Gasteiger partial charge in [0.15, 0.2) is 0 Å². The molecule has 1 saturated heterocycles. The molecule has 2 aromatic rings. The summed E-state index contributed by atoms with van der Waals surface area (Å²) >= 11 is 5.98. The van der Waals surface area contributed by atoms with Crippen LogP contribution in [0.25, 0.3) is 0 Å². The van der Waals surface area contributed by atoms with E-state index in [4.69, 9.17) is 16.3 Å². The summed E-state index contributed by atoms with van der Waals surface area (Å²) in [5.41, 5.74) is 2.16. The first-order valence-corrected chi connectivity index (χ1v) is 7.31. The second kappa shape index (κ2) is 5.96. The Balaban J connectivity index is 1.79. The highest BCUT2D eigenvalue weighted by molar-refractivity contribution is 6.30. The fraction of sp³-hybridized carbons (Fsp3) is 0.294. The molecular weight excluding hydrogens is 270 g/mol. The summed E-state index contributed by atoms with van der Waals surface area (Å²) in [5, 5.41) is 4.17. The molecule has 0 saturated carbocycles. The molecule has 2 aromatic carbocycles. The Hall–Kier alpha value is -1.35. The summed E-state index contributed by atoms with van der Waals surface area (Å²) in [4.78, 5) is 0. The van der Waals surface area contributed by atoms with Crippen LogP contribution in [0.4, 0.5) is 0 Å². The molecule has 0 amide bonds. The molecule has 1 atom stereocenters. The van der Waals surface area contributed by atoms with Crippen molar-refractivity contribution in [2.75, 3.05) is 13.1 Å². The van der Waals surface area contributed by atoms with E-state index in [9.17, 15) is 0 Å². The molecule has 104 valence electrons. The Kier molecular flexibility index (Phi) is 4.06. The largest absolute Gasteiger partial charge is 0.364 e. The minimum atomic E-state index is -0.236. The first kappa shape index (κ1) is 13.6. The molecule has 1 aliphatic rings.